The molecular formula is C21H21FN2O3S. The summed E-state index contributed by atoms with van der Waals surface area (Å²) in [5, 5.41) is 0. The Morgan fingerprint density at radius 3 is 2.68 bits per heavy atom. The first-order valence-electron chi connectivity index (χ1n) is 9.20. The van der Waals surface area contributed by atoms with Gasteiger partial charge in [-0.15, -0.1) is 11.8 Å². The van der Waals surface area contributed by atoms with E-state index >= 15 is 0 Å². The summed E-state index contributed by atoms with van der Waals surface area (Å²) in [4.78, 5) is 28.7. The maximum absolute atomic E-state index is 13.7. The van der Waals surface area contributed by atoms with Crippen molar-refractivity contribution < 1.29 is 18.7 Å². The summed E-state index contributed by atoms with van der Waals surface area (Å²) in [7, 11) is 1.58. The van der Waals surface area contributed by atoms with Crippen molar-refractivity contribution in [1.29, 1.82) is 0 Å². The van der Waals surface area contributed by atoms with Gasteiger partial charge in [0.05, 0.1) is 19.3 Å². The summed E-state index contributed by atoms with van der Waals surface area (Å²) in [5.74, 6) is 0.841. The lowest BCUT2D eigenvalue weighted by Crippen LogP contribution is -2.50. The molecular weight excluding hydrogens is 379 g/mol. The number of halogens is 1. The molecule has 0 saturated carbocycles. The summed E-state index contributed by atoms with van der Waals surface area (Å²) in [5.41, 5.74) is 2.37. The molecule has 1 fully saturated rings. The van der Waals surface area contributed by atoms with Gasteiger partial charge in [-0.2, -0.15) is 0 Å². The maximum Gasteiger partial charge on any atom is 0.268 e. The van der Waals surface area contributed by atoms with Crippen molar-refractivity contribution in [2.75, 3.05) is 24.3 Å². The van der Waals surface area contributed by atoms with Crippen molar-refractivity contribution in [3.05, 3.63) is 59.4 Å². The molecule has 0 radical (unpaired) electrons. The van der Waals surface area contributed by atoms with E-state index in [0.29, 0.717) is 31.0 Å². The van der Waals surface area contributed by atoms with Crippen LogP contribution in [0.15, 0.2) is 42.5 Å². The van der Waals surface area contributed by atoms with E-state index in [2.05, 4.69) is 0 Å². The fourth-order valence-electron chi connectivity index (χ4n) is 3.90. The van der Waals surface area contributed by atoms with Crippen LogP contribution in [0.5, 0.6) is 5.75 Å². The largest absolute Gasteiger partial charge is 0.497 e. The molecule has 0 aromatic heterocycles. The van der Waals surface area contributed by atoms with E-state index in [1.807, 2.05) is 18.2 Å². The number of carbonyl (C=O) groups is 2. The molecule has 0 aliphatic carbocycles. The van der Waals surface area contributed by atoms with Gasteiger partial charge in [-0.25, -0.2) is 4.39 Å². The lowest BCUT2D eigenvalue weighted by Gasteiger charge is -2.33. The lowest BCUT2D eigenvalue weighted by atomic mass is 10.0. The Morgan fingerprint density at radius 1 is 1.25 bits per heavy atom. The van der Waals surface area contributed by atoms with Gasteiger partial charge in [0.15, 0.2) is 4.87 Å². The van der Waals surface area contributed by atoms with Gasteiger partial charge in [-0.05, 0) is 35.9 Å². The molecule has 146 valence electrons. The smallest absolute Gasteiger partial charge is 0.268 e. The third kappa shape index (κ3) is 2.76. The second-order valence-corrected chi connectivity index (χ2v) is 8.08. The number of amides is 2. The van der Waals surface area contributed by atoms with E-state index in [-0.39, 0.29) is 17.6 Å². The summed E-state index contributed by atoms with van der Waals surface area (Å²) in [6.45, 7) is 2.65. The van der Waals surface area contributed by atoms with Gasteiger partial charge >= 0.3 is 0 Å². The van der Waals surface area contributed by atoms with Crippen LogP contribution in [0.2, 0.25) is 0 Å². The van der Waals surface area contributed by atoms with Gasteiger partial charge in [0.25, 0.3) is 5.91 Å². The first-order chi connectivity index (χ1) is 13.5. The maximum atomic E-state index is 13.7. The minimum atomic E-state index is -1.06. The molecule has 4 rings (SSSR count). The van der Waals surface area contributed by atoms with Gasteiger partial charge in [0, 0.05) is 24.3 Å². The average Bonchev–Trinajstić information content (AvgIpc) is 3.26. The van der Waals surface area contributed by atoms with Crippen LogP contribution in [0.1, 0.15) is 24.5 Å². The number of rotatable bonds is 4. The van der Waals surface area contributed by atoms with Crippen LogP contribution in [0, 0.1) is 5.82 Å². The van der Waals surface area contributed by atoms with Crippen molar-refractivity contribution in [2.24, 2.45) is 0 Å². The zero-order valence-corrected chi connectivity index (χ0v) is 16.6. The first kappa shape index (κ1) is 18.8. The van der Waals surface area contributed by atoms with E-state index in [4.69, 9.17) is 4.74 Å². The number of thioether (sulfide) groups is 1. The summed E-state index contributed by atoms with van der Waals surface area (Å²) >= 11 is 1.49. The molecule has 0 N–H and O–H groups in total. The molecule has 0 bridgehead atoms. The molecule has 1 atom stereocenters. The molecule has 0 unspecified atom stereocenters. The third-order valence-electron chi connectivity index (χ3n) is 5.26. The SMILES string of the molecule is CCC(=O)N1CCS[C@@]12C(=O)N(Cc1ccc(F)cc1)c1ccc(OC)cc12. The van der Waals surface area contributed by atoms with Crippen molar-refractivity contribution in [3.8, 4) is 5.75 Å². The van der Waals surface area contributed by atoms with Crippen LogP contribution >= 0.6 is 11.8 Å². The Labute approximate surface area is 167 Å². The Bertz CT molecular complexity index is 934. The molecule has 2 aromatic carbocycles. The Morgan fingerprint density at radius 2 is 2.00 bits per heavy atom. The highest BCUT2D eigenvalue weighted by atomic mass is 32.2. The fraction of sp³-hybridized carbons (Fsp3) is 0.333. The highest BCUT2D eigenvalue weighted by Gasteiger charge is 2.59. The highest BCUT2D eigenvalue weighted by Crippen LogP contribution is 2.55. The van der Waals surface area contributed by atoms with Crippen LogP contribution in [0.3, 0.4) is 0 Å². The number of anilines is 1. The highest BCUT2D eigenvalue weighted by molar-refractivity contribution is 8.01. The standard InChI is InChI=1S/C21H21FN2O3S/c1-3-19(25)24-10-11-28-21(24)17-12-16(27-2)8-9-18(17)23(20(21)26)13-14-4-6-15(22)7-5-14/h4-9,12H,3,10-11,13H2,1-2H3/t21-/m0/s1. The molecule has 1 spiro atoms. The molecule has 2 heterocycles. The quantitative estimate of drug-likeness (QED) is 0.788. The van der Waals surface area contributed by atoms with E-state index in [1.54, 1.807) is 36.0 Å². The number of benzene rings is 2. The topological polar surface area (TPSA) is 49.9 Å². The predicted molar refractivity (Wildman–Crippen MR) is 107 cm³/mol. The van der Waals surface area contributed by atoms with Gasteiger partial charge in [0.1, 0.15) is 11.6 Å². The van der Waals surface area contributed by atoms with E-state index < -0.39 is 4.87 Å². The second-order valence-electron chi connectivity index (χ2n) is 6.79. The van der Waals surface area contributed by atoms with E-state index in [1.165, 1.54) is 23.9 Å². The van der Waals surface area contributed by atoms with Gasteiger partial charge in [0.2, 0.25) is 5.91 Å². The van der Waals surface area contributed by atoms with Crippen LogP contribution < -0.4 is 9.64 Å². The van der Waals surface area contributed by atoms with E-state index in [0.717, 1.165) is 16.8 Å². The summed E-state index contributed by atoms with van der Waals surface area (Å²) in [6.07, 6.45) is 0.340. The van der Waals surface area contributed by atoms with Crippen molar-refractivity contribution in [3.63, 3.8) is 0 Å². The average molecular weight is 400 g/mol. The summed E-state index contributed by atoms with van der Waals surface area (Å²) < 4.78 is 18.7. The van der Waals surface area contributed by atoms with Gasteiger partial charge < -0.3 is 14.5 Å². The Kier molecular flexibility index (Phi) is 4.79. The van der Waals surface area contributed by atoms with Crippen molar-refractivity contribution in [2.45, 2.75) is 24.8 Å². The number of methoxy groups -OCH3 is 1. The van der Waals surface area contributed by atoms with Crippen molar-refractivity contribution in [1.82, 2.24) is 4.90 Å². The predicted octanol–water partition coefficient (Wildman–Crippen LogP) is 3.52. The van der Waals surface area contributed by atoms with Crippen LogP contribution in [-0.4, -0.2) is 36.1 Å². The number of carbonyl (C=O) groups excluding carboxylic acids is 2. The van der Waals surface area contributed by atoms with Crippen LogP contribution in [0.4, 0.5) is 10.1 Å². The Balaban J connectivity index is 1.82. The molecule has 1 saturated heterocycles. The van der Waals surface area contributed by atoms with Gasteiger partial charge in [-0.3, -0.25) is 9.59 Å². The second kappa shape index (κ2) is 7.13. The van der Waals surface area contributed by atoms with Gasteiger partial charge in [-0.1, -0.05) is 19.1 Å². The molecule has 2 aromatic rings. The molecule has 7 heteroatoms. The van der Waals surface area contributed by atoms with E-state index in [9.17, 15) is 14.0 Å². The van der Waals surface area contributed by atoms with Crippen LogP contribution in [0.25, 0.3) is 0 Å². The monoisotopic (exact) mass is 400 g/mol. The molecule has 5 nitrogen and oxygen atoms in total. The molecule has 2 aliphatic rings. The zero-order chi connectivity index (χ0) is 19.9. The number of hydrogen-bond donors (Lipinski definition) is 0. The zero-order valence-electron chi connectivity index (χ0n) is 15.8. The number of hydrogen-bond acceptors (Lipinski definition) is 4. The number of nitrogens with zero attached hydrogens (tertiary/aromatic N) is 2. The molecule has 28 heavy (non-hydrogen) atoms. The summed E-state index contributed by atoms with van der Waals surface area (Å²) in [6, 6.07) is 11.6. The first-order valence-corrected chi connectivity index (χ1v) is 10.2. The third-order valence-corrected chi connectivity index (χ3v) is 6.68. The minimum absolute atomic E-state index is 0.0456. The number of fused-ring (bicyclic) bond motifs is 2. The fourth-order valence-corrected chi connectivity index (χ4v) is 5.37. The lowest BCUT2D eigenvalue weighted by molar-refractivity contribution is -0.139. The van der Waals surface area contributed by atoms with Crippen LogP contribution in [-0.2, 0) is 21.0 Å². The Hall–Kier alpha value is -2.54. The minimum Gasteiger partial charge on any atom is -0.497 e. The molecule has 2 aliphatic heterocycles. The molecule has 2 amide bonds. The number of ether oxygens (including phenoxy) is 1. The van der Waals surface area contributed by atoms with Crippen molar-refractivity contribution >= 4 is 29.3 Å². The normalized spacial score (nSPS) is 20.8.